The van der Waals surface area contributed by atoms with Gasteiger partial charge in [0.05, 0.1) is 11.0 Å². The lowest BCUT2D eigenvalue weighted by atomic mass is 9.92. The Morgan fingerprint density at radius 3 is 1.69 bits per heavy atom. The summed E-state index contributed by atoms with van der Waals surface area (Å²) in [5.74, 6) is 0.653. The number of aromatic nitrogens is 3. The van der Waals surface area contributed by atoms with E-state index in [1.165, 1.54) is 38.1 Å². The average Bonchev–Trinajstić information content (AvgIpc) is 3.55. The van der Waals surface area contributed by atoms with Crippen LogP contribution >= 0.6 is 0 Å². The van der Waals surface area contributed by atoms with Gasteiger partial charge < -0.3 is 4.90 Å². The first-order valence-corrected chi connectivity index (χ1v) is 17.6. The molecule has 0 atom stereocenters. The van der Waals surface area contributed by atoms with Crippen molar-refractivity contribution in [2.45, 2.75) is 0 Å². The van der Waals surface area contributed by atoms with Crippen LogP contribution in [0.2, 0.25) is 0 Å². The number of fused-ring (bicyclic) bond motifs is 6. The summed E-state index contributed by atoms with van der Waals surface area (Å²) >= 11 is 0. The Balaban J connectivity index is 1.12. The van der Waals surface area contributed by atoms with Gasteiger partial charge in [0.25, 0.3) is 0 Å². The van der Waals surface area contributed by atoms with Gasteiger partial charge in [0.1, 0.15) is 0 Å². The molecule has 0 aliphatic heterocycles. The fourth-order valence-corrected chi connectivity index (χ4v) is 7.69. The number of benzene rings is 8. The quantitative estimate of drug-likeness (QED) is 0.166. The second kappa shape index (κ2) is 12.4. The minimum Gasteiger partial charge on any atom is -0.311 e. The van der Waals surface area contributed by atoms with E-state index >= 15 is 0 Å². The molecule has 0 saturated carbocycles. The van der Waals surface area contributed by atoms with E-state index in [0.717, 1.165) is 44.6 Å². The molecule has 2 heterocycles. The predicted molar refractivity (Wildman–Crippen MR) is 217 cm³/mol. The summed E-state index contributed by atoms with van der Waals surface area (Å²) in [5.41, 5.74) is 10.2. The molecule has 0 aliphatic rings. The lowest BCUT2D eigenvalue weighted by Gasteiger charge is -2.25. The molecule has 10 aromatic rings. The Labute approximate surface area is 301 Å². The molecule has 0 radical (unpaired) electrons. The van der Waals surface area contributed by atoms with Crippen molar-refractivity contribution < 1.29 is 0 Å². The van der Waals surface area contributed by atoms with E-state index in [0.29, 0.717) is 5.95 Å². The lowest BCUT2D eigenvalue weighted by molar-refractivity contribution is 0.988. The summed E-state index contributed by atoms with van der Waals surface area (Å²) in [5, 5.41) is 7.35. The van der Waals surface area contributed by atoms with Crippen molar-refractivity contribution in [3.63, 3.8) is 0 Å². The van der Waals surface area contributed by atoms with E-state index in [4.69, 9.17) is 9.97 Å². The molecule has 0 bridgehead atoms. The van der Waals surface area contributed by atoms with E-state index in [9.17, 15) is 0 Å². The zero-order valence-electron chi connectivity index (χ0n) is 28.3. The molecule has 10 rings (SSSR count). The van der Waals surface area contributed by atoms with Gasteiger partial charge in [-0.3, -0.25) is 4.57 Å². The maximum absolute atomic E-state index is 4.71. The number of hydrogen-bond donors (Lipinski definition) is 0. The molecule has 0 amide bonds. The molecule has 0 fully saturated rings. The summed E-state index contributed by atoms with van der Waals surface area (Å²) in [6.07, 6.45) is 3.62. The van der Waals surface area contributed by atoms with Crippen molar-refractivity contribution in [2.24, 2.45) is 0 Å². The summed E-state index contributed by atoms with van der Waals surface area (Å²) in [6, 6.07) is 65.0. The number of hydrogen-bond acceptors (Lipinski definition) is 3. The average molecular weight is 665 g/mol. The number of rotatable bonds is 6. The van der Waals surface area contributed by atoms with Crippen LogP contribution in [0.5, 0.6) is 0 Å². The number of nitrogens with zero attached hydrogens (tertiary/aromatic N) is 4. The van der Waals surface area contributed by atoms with E-state index < -0.39 is 0 Å². The van der Waals surface area contributed by atoms with E-state index in [2.05, 4.69) is 185 Å². The van der Waals surface area contributed by atoms with Crippen molar-refractivity contribution in [3.05, 3.63) is 194 Å². The second-order valence-electron chi connectivity index (χ2n) is 13.1. The Hall–Kier alpha value is -7.04. The predicted octanol–water partition coefficient (Wildman–Crippen LogP) is 12.7. The SMILES string of the molecule is c1ccc(N(c2ccccc2)c2ccc(-c3ccc4c5cc(-c6cc7ccccc7c7ccccc67)ccc5n(-c5ncccn5)c4c3)cc2)cc1. The van der Waals surface area contributed by atoms with Gasteiger partial charge in [-0.2, -0.15) is 0 Å². The van der Waals surface area contributed by atoms with Crippen LogP contribution in [0.4, 0.5) is 17.1 Å². The molecule has 8 aromatic carbocycles. The molecule has 2 aromatic heterocycles. The van der Waals surface area contributed by atoms with E-state index in [-0.39, 0.29) is 0 Å². The molecule has 4 nitrogen and oxygen atoms in total. The standard InChI is InChI=1S/C48H32N4/c1-3-13-37(14-4-1)51(38-15-5-2-6-16-38)39-24-20-33(21-25-39)34-22-26-43-45-31-36(23-27-46(45)52(47(43)32-34)48-49-28-11-29-50-48)44-30-35-12-7-8-17-40(35)41-18-9-10-19-42(41)44/h1-32H. The van der Waals surface area contributed by atoms with Gasteiger partial charge in [-0.1, -0.05) is 115 Å². The van der Waals surface area contributed by atoms with Gasteiger partial charge in [-0.15, -0.1) is 0 Å². The Morgan fingerprint density at radius 2 is 0.962 bits per heavy atom. The van der Waals surface area contributed by atoms with Gasteiger partial charge in [0, 0.05) is 40.2 Å². The maximum atomic E-state index is 4.71. The third-order valence-electron chi connectivity index (χ3n) is 10.1. The van der Waals surface area contributed by atoms with Crippen molar-refractivity contribution in [1.82, 2.24) is 14.5 Å². The summed E-state index contributed by atoms with van der Waals surface area (Å²) in [7, 11) is 0. The molecule has 4 heteroatoms. The molecular weight excluding hydrogens is 633 g/mol. The summed E-state index contributed by atoms with van der Waals surface area (Å²) in [6.45, 7) is 0. The lowest BCUT2D eigenvalue weighted by Crippen LogP contribution is -2.09. The number of anilines is 3. The van der Waals surface area contributed by atoms with Crippen LogP contribution in [0.3, 0.4) is 0 Å². The van der Waals surface area contributed by atoms with Crippen molar-refractivity contribution in [3.8, 4) is 28.2 Å². The maximum Gasteiger partial charge on any atom is 0.234 e. The first kappa shape index (κ1) is 29.8. The minimum atomic E-state index is 0.653. The number of para-hydroxylation sites is 2. The van der Waals surface area contributed by atoms with Crippen LogP contribution in [0.25, 0.3) is 71.6 Å². The molecule has 0 aliphatic carbocycles. The second-order valence-corrected chi connectivity index (χ2v) is 13.1. The first-order valence-electron chi connectivity index (χ1n) is 17.6. The monoisotopic (exact) mass is 664 g/mol. The molecule has 0 saturated heterocycles. The zero-order valence-corrected chi connectivity index (χ0v) is 28.3. The van der Waals surface area contributed by atoms with Crippen LogP contribution < -0.4 is 4.90 Å². The normalized spacial score (nSPS) is 11.5. The fourth-order valence-electron chi connectivity index (χ4n) is 7.69. The molecule has 244 valence electrons. The summed E-state index contributed by atoms with van der Waals surface area (Å²) in [4.78, 5) is 11.7. The smallest absolute Gasteiger partial charge is 0.234 e. The van der Waals surface area contributed by atoms with Crippen molar-refractivity contribution in [1.29, 1.82) is 0 Å². The fraction of sp³-hybridized carbons (Fsp3) is 0. The third-order valence-corrected chi connectivity index (χ3v) is 10.1. The highest BCUT2D eigenvalue weighted by atomic mass is 15.2. The van der Waals surface area contributed by atoms with Crippen LogP contribution in [-0.4, -0.2) is 14.5 Å². The van der Waals surface area contributed by atoms with Gasteiger partial charge in [0.15, 0.2) is 0 Å². The largest absolute Gasteiger partial charge is 0.311 e. The Bertz CT molecular complexity index is 2840. The van der Waals surface area contributed by atoms with Gasteiger partial charge in [-0.05, 0) is 111 Å². The van der Waals surface area contributed by atoms with Crippen LogP contribution in [0.1, 0.15) is 0 Å². The molecule has 0 spiro atoms. The minimum absolute atomic E-state index is 0.653. The van der Waals surface area contributed by atoms with E-state index in [1.807, 2.05) is 18.5 Å². The van der Waals surface area contributed by atoms with Crippen LogP contribution in [0, 0.1) is 0 Å². The highest BCUT2D eigenvalue weighted by molar-refractivity contribution is 6.16. The van der Waals surface area contributed by atoms with E-state index in [1.54, 1.807) is 0 Å². The molecule has 0 N–H and O–H groups in total. The Kier molecular flexibility index (Phi) is 7.10. The topological polar surface area (TPSA) is 34.0 Å². The Morgan fingerprint density at radius 1 is 0.365 bits per heavy atom. The van der Waals surface area contributed by atoms with Gasteiger partial charge >= 0.3 is 0 Å². The summed E-state index contributed by atoms with van der Waals surface area (Å²) < 4.78 is 2.19. The molecule has 52 heavy (non-hydrogen) atoms. The van der Waals surface area contributed by atoms with Crippen molar-refractivity contribution >= 4 is 60.4 Å². The van der Waals surface area contributed by atoms with Gasteiger partial charge in [-0.25, -0.2) is 9.97 Å². The highest BCUT2D eigenvalue weighted by Gasteiger charge is 2.18. The van der Waals surface area contributed by atoms with Gasteiger partial charge in [0.2, 0.25) is 5.95 Å². The zero-order chi connectivity index (χ0) is 34.4. The first-order chi connectivity index (χ1) is 25.8. The van der Waals surface area contributed by atoms with Crippen LogP contribution in [-0.2, 0) is 0 Å². The van der Waals surface area contributed by atoms with Crippen LogP contribution in [0.15, 0.2) is 194 Å². The third kappa shape index (κ3) is 5.00. The van der Waals surface area contributed by atoms with Crippen molar-refractivity contribution in [2.75, 3.05) is 4.90 Å². The highest BCUT2D eigenvalue weighted by Crippen LogP contribution is 2.40. The molecular formula is C48H32N4. The molecule has 0 unspecified atom stereocenters.